The smallest absolute Gasteiger partial charge is 0.229 e. The van der Waals surface area contributed by atoms with E-state index in [0.717, 1.165) is 39.2 Å². The van der Waals surface area contributed by atoms with Gasteiger partial charge in [-0.25, -0.2) is 10.1 Å². The minimum absolute atomic E-state index is 0.705. The molecule has 4 rings (SSSR count). The number of rotatable bonds is 5. The number of hydrogen-bond acceptors (Lipinski definition) is 6. The van der Waals surface area contributed by atoms with E-state index in [0.29, 0.717) is 5.95 Å². The van der Waals surface area contributed by atoms with E-state index < -0.39 is 0 Å². The molecule has 0 atom stereocenters. The Hall–Kier alpha value is -3.13. The molecule has 26 heavy (non-hydrogen) atoms. The van der Waals surface area contributed by atoms with Crippen molar-refractivity contribution in [1.82, 2.24) is 24.7 Å². The summed E-state index contributed by atoms with van der Waals surface area (Å²) in [5.74, 6) is 1.51. The van der Waals surface area contributed by atoms with Crippen LogP contribution in [0.3, 0.4) is 0 Å². The van der Waals surface area contributed by atoms with Crippen molar-refractivity contribution in [3.8, 4) is 23.0 Å². The van der Waals surface area contributed by atoms with Crippen LogP contribution in [0.4, 0.5) is 10.8 Å². The second-order valence-corrected chi connectivity index (χ2v) is 6.68. The van der Waals surface area contributed by atoms with Crippen molar-refractivity contribution in [3.63, 3.8) is 0 Å². The first-order valence-electron chi connectivity index (χ1n) is 8.07. The van der Waals surface area contributed by atoms with Gasteiger partial charge in [0.2, 0.25) is 5.95 Å². The topological polar surface area (TPSA) is 80.7 Å². The van der Waals surface area contributed by atoms with Gasteiger partial charge in [0, 0.05) is 34.1 Å². The lowest BCUT2D eigenvalue weighted by molar-refractivity contribution is 0.415. The maximum atomic E-state index is 5.26. The van der Waals surface area contributed by atoms with Crippen LogP contribution in [0.5, 0.6) is 5.75 Å². The fraction of sp³-hybridized carbons (Fsp3) is 0.167. The molecule has 0 aliphatic carbocycles. The zero-order valence-corrected chi connectivity index (χ0v) is 15.5. The minimum atomic E-state index is 0.705. The van der Waals surface area contributed by atoms with Crippen LogP contribution < -0.4 is 10.1 Å². The van der Waals surface area contributed by atoms with Crippen molar-refractivity contribution in [2.45, 2.75) is 13.8 Å². The third kappa shape index (κ3) is 2.95. The Morgan fingerprint density at radius 2 is 2.12 bits per heavy atom. The van der Waals surface area contributed by atoms with Gasteiger partial charge in [-0.1, -0.05) is 6.07 Å². The Morgan fingerprint density at radius 1 is 1.23 bits per heavy atom. The van der Waals surface area contributed by atoms with Crippen LogP contribution >= 0.6 is 11.3 Å². The first-order valence-corrected chi connectivity index (χ1v) is 8.95. The summed E-state index contributed by atoms with van der Waals surface area (Å²) in [4.78, 5) is 8.98. The minimum Gasteiger partial charge on any atom is -0.497 e. The van der Waals surface area contributed by atoms with Crippen molar-refractivity contribution in [1.29, 1.82) is 0 Å². The molecule has 3 aromatic heterocycles. The number of anilines is 2. The van der Waals surface area contributed by atoms with Gasteiger partial charge in [-0.2, -0.15) is 10.1 Å². The molecule has 0 bridgehead atoms. The maximum absolute atomic E-state index is 5.26. The molecule has 0 aliphatic rings. The fourth-order valence-corrected chi connectivity index (χ4v) is 3.66. The Balaban J connectivity index is 1.63. The molecule has 0 amide bonds. The molecule has 1 aromatic carbocycles. The molecule has 0 unspecified atom stereocenters. The third-order valence-electron chi connectivity index (χ3n) is 4.15. The normalized spacial score (nSPS) is 10.9. The molecule has 0 radical (unpaired) electrons. The molecule has 2 N–H and O–H groups in total. The van der Waals surface area contributed by atoms with Crippen LogP contribution in [-0.2, 0) is 0 Å². The predicted octanol–water partition coefficient (Wildman–Crippen LogP) is 4.09. The van der Waals surface area contributed by atoms with Crippen molar-refractivity contribution in [3.05, 3.63) is 53.4 Å². The highest BCUT2D eigenvalue weighted by Gasteiger charge is 2.16. The quantitative estimate of drug-likeness (QED) is 0.556. The van der Waals surface area contributed by atoms with Gasteiger partial charge in [-0.05, 0) is 32.0 Å². The molecule has 0 aliphatic heterocycles. The van der Waals surface area contributed by atoms with E-state index in [1.54, 1.807) is 18.4 Å². The number of nitrogens with one attached hydrogen (secondary N) is 2. The number of nitrogens with zero attached hydrogens (tertiary/aromatic N) is 4. The van der Waals surface area contributed by atoms with Gasteiger partial charge in [-0.3, -0.25) is 4.57 Å². The predicted molar refractivity (Wildman–Crippen MR) is 103 cm³/mol. The summed E-state index contributed by atoms with van der Waals surface area (Å²) in [5.41, 5.74) is 5.09. The van der Waals surface area contributed by atoms with Gasteiger partial charge in [-0.15, -0.1) is 11.3 Å². The number of ether oxygens (including phenoxy) is 1. The number of benzene rings is 1. The molecule has 8 heteroatoms. The van der Waals surface area contributed by atoms with Crippen molar-refractivity contribution >= 4 is 22.2 Å². The first-order chi connectivity index (χ1) is 12.7. The molecule has 4 aromatic rings. The monoisotopic (exact) mass is 366 g/mol. The molecule has 132 valence electrons. The van der Waals surface area contributed by atoms with Gasteiger partial charge in [0.25, 0.3) is 0 Å². The van der Waals surface area contributed by atoms with E-state index in [9.17, 15) is 0 Å². The maximum Gasteiger partial charge on any atom is 0.229 e. The zero-order chi connectivity index (χ0) is 18.1. The summed E-state index contributed by atoms with van der Waals surface area (Å²) in [6.07, 6.45) is 1.51. The lowest BCUT2D eigenvalue weighted by atomic mass is 10.2. The highest BCUT2D eigenvalue weighted by molar-refractivity contribution is 7.14. The van der Waals surface area contributed by atoms with Gasteiger partial charge in [0.05, 0.1) is 12.8 Å². The molecule has 0 saturated heterocycles. The second kappa shape index (κ2) is 6.64. The van der Waals surface area contributed by atoms with Crippen molar-refractivity contribution in [2.24, 2.45) is 0 Å². The number of methoxy groups -OCH3 is 1. The Labute approximate surface area is 154 Å². The summed E-state index contributed by atoms with van der Waals surface area (Å²) in [5, 5.41) is 13.1. The number of hydrogen-bond donors (Lipinski definition) is 2. The average molecular weight is 366 g/mol. The summed E-state index contributed by atoms with van der Waals surface area (Å²) >= 11 is 1.57. The van der Waals surface area contributed by atoms with Crippen LogP contribution in [0, 0.1) is 13.8 Å². The van der Waals surface area contributed by atoms with Gasteiger partial charge >= 0.3 is 0 Å². The number of aromatic nitrogens is 5. The van der Waals surface area contributed by atoms with Crippen LogP contribution in [0.25, 0.3) is 17.2 Å². The molecule has 7 nitrogen and oxygen atoms in total. The number of aromatic amines is 1. The Kier molecular flexibility index (Phi) is 4.18. The van der Waals surface area contributed by atoms with Gasteiger partial charge in [0.15, 0.2) is 5.13 Å². The summed E-state index contributed by atoms with van der Waals surface area (Å²) in [7, 11) is 1.66. The second-order valence-electron chi connectivity index (χ2n) is 5.82. The van der Waals surface area contributed by atoms with E-state index in [1.807, 2.05) is 35.8 Å². The van der Waals surface area contributed by atoms with E-state index >= 15 is 0 Å². The number of aryl methyl sites for hydroxylation is 1. The standard InChI is InChI=1S/C18H18N6OS/c1-11-7-15(12(2)24(11)17-19-10-20-23-17)16-9-26-18(22-16)21-13-5-4-6-14(8-13)25-3/h4-10H,1-3H3,(H,21,22)(H,19,20,23). The number of thiazole rings is 1. The van der Waals surface area contributed by atoms with Crippen molar-refractivity contribution in [2.75, 3.05) is 12.4 Å². The molecule has 3 heterocycles. The number of H-pyrrole nitrogens is 1. The summed E-state index contributed by atoms with van der Waals surface area (Å²) < 4.78 is 7.30. The highest BCUT2D eigenvalue weighted by atomic mass is 32.1. The fourth-order valence-electron chi connectivity index (χ4n) is 2.93. The van der Waals surface area contributed by atoms with Crippen LogP contribution in [-0.4, -0.2) is 31.8 Å². The molecular formula is C18H18N6OS. The largest absolute Gasteiger partial charge is 0.497 e. The van der Waals surface area contributed by atoms with Crippen LogP contribution in [0.2, 0.25) is 0 Å². The van der Waals surface area contributed by atoms with E-state index in [4.69, 9.17) is 9.72 Å². The lowest BCUT2D eigenvalue weighted by Crippen LogP contribution is -2.01. The van der Waals surface area contributed by atoms with E-state index in [2.05, 4.69) is 38.9 Å². The third-order valence-corrected chi connectivity index (χ3v) is 4.90. The van der Waals surface area contributed by atoms with Crippen molar-refractivity contribution < 1.29 is 4.74 Å². The van der Waals surface area contributed by atoms with Gasteiger partial charge < -0.3 is 10.1 Å². The SMILES string of the molecule is COc1cccc(Nc2nc(-c3cc(C)n(-c4ncn[nH]4)c3C)cs2)c1. The molecular weight excluding hydrogens is 348 g/mol. The Morgan fingerprint density at radius 3 is 2.88 bits per heavy atom. The molecule has 0 fully saturated rings. The molecule has 0 spiro atoms. The Bertz CT molecular complexity index is 1030. The van der Waals surface area contributed by atoms with E-state index in [1.165, 1.54) is 6.33 Å². The zero-order valence-electron chi connectivity index (χ0n) is 14.6. The van der Waals surface area contributed by atoms with E-state index in [-0.39, 0.29) is 0 Å². The molecule has 0 saturated carbocycles. The lowest BCUT2D eigenvalue weighted by Gasteiger charge is -2.05. The average Bonchev–Trinajstić information content (AvgIpc) is 3.36. The van der Waals surface area contributed by atoms with Crippen LogP contribution in [0.1, 0.15) is 11.4 Å². The summed E-state index contributed by atoms with van der Waals surface area (Å²) in [6.45, 7) is 4.10. The highest BCUT2D eigenvalue weighted by Crippen LogP contribution is 2.32. The first kappa shape index (κ1) is 16.3. The van der Waals surface area contributed by atoms with Gasteiger partial charge in [0.1, 0.15) is 12.1 Å². The van der Waals surface area contributed by atoms with Crippen LogP contribution in [0.15, 0.2) is 42.0 Å². The summed E-state index contributed by atoms with van der Waals surface area (Å²) in [6, 6.07) is 9.90.